The fourth-order valence-corrected chi connectivity index (χ4v) is 2.53. The van der Waals surface area contributed by atoms with Gasteiger partial charge in [0.05, 0.1) is 5.69 Å². The van der Waals surface area contributed by atoms with E-state index in [2.05, 4.69) is 46.1 Å². The highest BCUT2D eigenvalue weighted by molar-refractivity contribution is 5.79. The molecule has 0 atom stereocenters. The van der Waals surface area contributed by atoms with Crippen LogP contribution >= 0.6 is 0 Å². The Hall–Kier alpha value is -2.95. The van der Waals surface area contributed by atoms with Crippen LogP contribution in [0.1, 0.15) is 11.4 Å². The Labute approximate surface area is 127 Å². The lowest BCUT2D eigenvalue weighted by Crippen LogP contribution is -1.94. The van der Waals surface area contributed by atoms with Gasteiger partial charge in [0.25, 0.3) is 0 Å². The van der Waals surface area contributed by atoms with Gasteiger partial charge in [-0.3, -0.25) is 4.40 Å². The first-order valence-electron chi connectivity index (χ1n) is 7.05. The molecule has 0 saturated heterocycles. The van der Waals surface area contributed by atoms with Crippen molar-refractivity contribution in [2.45, 2.75) is 13.8 Å². The van der Waals surface area contributed by atoms with Crippen LogP contribution in [0.2, 0.25) is 0 Å². The maximum absolute atomic E-state index is 5.44. The SMILES string of the molecule is Cc1ccc(-c2nc3occn3c2-c2ccnc(C)n2)cc1. The summed E-state index contributed by atoms with van der Waals surface area (Å²) in [4.78, 5) is 13.3. The molecule has 22 heavy (non-hydrogen) atoms. The molecular weight excluding hydrogens is 276 g/mol. The van der Waals surface area contributed by atoms with E-state index in [1.54, 1.807) is 12.5 Å². The van der Waals surface area contributed by atoms with Crippen LogP contribution in [0, 0.1) is 13.8 Å². The maximum atomic E-state index is 5.44. The quantitative estimate of drug-likeness (QED) is 0.565. The molecule has 3 aromatic heterocycles. The summed E-state index contributed by atoms with van der Waals surface area (Å²) in [6, 6.07) is 10.2. The maximum Gasteiger partial charge on any atom is 0.306 e. The first-order valence-corrected chi connectivity index (χ1v) is 7.05. The van der Waals surface area contributed by atoms with E-state index >= 15 is 0 Å². The second-order valence-corrected chi connectivity index (χ2v) is 5.22. The molecule has 0 aliphatic carbocycles. The Morgan fingerprint density at radius 2 is 1.82 bits per heavy atom. The Bertz CT molecular complexity index is 950. The minimum absolute atomic E-state index is 0.557. The molecule has 5 heteroatoms. The third-order valence-corrected chi connectivity index (χ3v) is 3.61. The van der Waals surface area contributed by atoms with Gasteiger partial charge in [-0.25, -0.2) is 9.97 Å². The zero-order chi connectivity index (χ0) is 15.1. The van der Waals surface area contributed by atoms with E-state index in [0.29, 0.717) is 5.84 Å². The standard InChI is InChI=1S/C17H14N4O/c1-11-3-5-13(6-4-11)15-16(14-7-8-18-12(2)19-14)21-9-10-22-17(21)20-15/h3-10H,1-2H3. The van der Waals surface area contributed by atoms with Crippen LogP contribution in [0.3, 0.4) is 0 Å². The zero-order valence-electron chi connectivity index (χ0n) is 12.3. The summed E-state index contributed by atoms with van der Waals surface area (Å²) in [5, 5.41) is 0. The van der Waals surface area contributed by atoms with Gasteiger partial charge in [-0.05, 0) is 19.9 Å². The van der Waals surface area contributed by atoms with Crippen LogP contribution in [0.25, 0.3) is 28.5 Å². The van der Waals surface area contributed by atoms with E-state index in [0.717, 1.165) is 28.5 Å². The van der Waals surface area contributed by atoms with Crippen molar-refractivity contribution in [2.75, 3.05) is 0 Å². The van der Waals surface area contributed by atoms with E-state index in [1.165, 1.54) is 5.56 Å². The molecule has 0 N–H and O–H groups in total. The van der Waals surface area contributed by atoms with E-state index in [1.807, 2.05) is 23.6 Å². The minimum atomic E-state index is 0.557. The minimum Gasteiger partial charge on any atom is -0.432 e. The summed E-state index contributed by atoms with van der Waals surface area (Å²) in [5.41, 5.74) is 4.86. The molecule has 0 amide bonds. The summed E-state index contributed by atoms with van der Waals surface area (Å²) in [6.07, 6.45) is 5.24. The zero-order valence-corrected chi connectivity index (χ0v) is 12.3. The highest BCUT2D eigenvalue weighted by atomic mass is 16.3. The van der Waals surface area contributed by atoms with E-state index in [4.69, 9.17) is 4.42 Å². The van der Waals surface area contributed by atoms with Gasteiger partial charge in [0, 0.05) is 18.0 Å². The Morgan fingerprint density at radius 3 is 2.59 bits per heavy atom. The smallest absolute Gasteiger partial charge is 0.306 e. The Balaban J connectivity index is 2.01. The normalized spacial score (nSPS) is 11.2. The van der Waals surface area contributed by atoms with Gasteiger partial charge in [-0.1, -0.05) is 29.8 Å². The van der Waals surface area contributed by atoms with Gasteiger partial charge < -0.3 is 4.42 Å². The highest BCUT2D eigenvalue weighted by Crippen LogP contribution is 2.32. The average molecular weight is 290 g/mol. The van der Waals surface area contributed by atoms with Crippen molar-refractivity contribution in [2.24, 2.45) is 0 Å². The second kappa shape index (κ2) is 4.80. The number of imidazole rings is 1. The van der Waals surface area contributed by atoms with Crippen LogP contribution < -0.4 is 0 Å². The summed E-state index contributed by atoms with van der Waals surface area (Å²) in [7, 11) is 0. The number of aryl methyl sites for hydroxylation is 2. The van der Waals surface area contributed by atoms with Crippen molar-refractivity contribution in [3.63, 3.8) is 0 Å². The molecule has 0 radical (unpaired) electrons. The van der Waals surface area contributed by atoms with Gasteiger partial charge in [-0.2, -0.15) is 4.98 Å². The lowest BCUT2D eigenvalue weighted by Gasteiger charge is -2.04. The van der Waals surface area contributed by atoms with Crippen LogP contribution in [0.5, 0.6) is 0 Å². The predicted octanol–water partition coefficient (Wildman–Crippen LogP) is 3.67. The fourth-order valence-electron chi connectivity index (χ4n) is 2.53. The van der Waals surface area contributed by atoms with Crippen molar-refractivity contribution < 1.29 is 4.42 Å². The molecule has 0 saturated carbocycles. The van der Waals surface area contributed by atoms with Crippen molar-refractivity contribution >= 4 is 5.84 Å². The van der Waals surface area contributed by atoms with Gasteiger partial charge in [-0.15, -0.1) is 0 Å². The Kier molecular flexibility index (Phi) is 2.79. The van der Waals surface area contributed by atoms with Crippen LogP contribution in [0.15, 0.2) is 53.4 Å². The van der Waals surface area contributed by atoms with Crippen molar-refractivity contribution in [1.82, 2.24) is 19.4 Å². The van der Waals surface area contributed by atoms with Gasteiger partial charge in [0.15, 0.2) is 0 Å². The molecule has 0 aliphatic rings. The molecule has 108 valence electrons. The number of oxazole rings is 1. The summed E-state index contributed by atoms with van der Waals surface area (Å²) in [5.74, 6) is 1.28. The number of benzene rings is 1. The third kappa shape index (κ3) is 1.98. The van der Waals surface area contributed by atoms with E-state index in [9.17, 15) is 0 Å². The summed E-state index contributed by atoms with van der Waals surface area (Å²) in [6.45, 7) is 3.94. The molecular formula is C17H14N4O. The molecule has 0 spiro atoms. The fraction of sp³-hybridized carbons (Fsp3) is 0.118. The van der Waals surface area contributed by atoms with Crippen LogP contribution in [-0.2, 0) is 0 Å². The molecule has 1 aromatic carbocycles. The van der Waals surface area contributed by atoms with E-state index in [-0.39, 0.29) is 0 Å². The molecule has 4 rings (SSSR count). The lowest BCUT2D eigenvalue weighted by molar-refractivity contribution is 0.596. The first-order chi connectivity index (χ1) is 10.7. The van der Waals surface area contributed by atoms with Crippen molar-refractivity contribution in [3.8, 4) is 22.6 Å². The average Bonchev–Trinajstić information content (AvgIpc) is 3.08. The molecule has 0 fully saturated rings. The number of aromatic nitrogens is 4. The lowest BCUT2D eigenvalue weighted by atomic mass is 10.1. The molecule has 5 nitrogen and oxygen atoms in total. The number of hydrogen-bond acceptors (Lipinski definition) is 4. The van der Waals surface area contributed by atoms with Crippen molar-refractivity contribution in [3.05, 3.63) is 60.4 Å². The van der Waals surface area contributed by atoms with Crippen LogP contribution in [0.4, 0.5) is 0 Å². The Morgan fingerprint density at radius 1 is 1.00 bits per heavy atom. The van der Waals surface area contributed by atoms with Crippen LogP contribution in [-0.4, -0.2) is 19.4 Å². The third-order valence-electron chi connectivity index (χ3n) is 3.61. The summed E-state index contributed by atoms with van der Waals surface area (Å²) < 4.78 is 7.36. The molecule has 0 bridgehead atoms. The van der Waals surface area contributed by atoms with Crippen molar-refractivity contribution in [1.29, 1.82) is 0 Å². The predicted molar refractivity (Wildman–Crippen MR) is 83.4 cm³/mol. The number of fused-ring (bicyclic) bond motifs is 1. The number of nitrogens with zero attached hydrogens (tertiary/aromatic N) is 4. The van der Waals surface area contributed by atoms with Gasteiger partial charge in [0.2, 0.25) is 0 Å². The first kappa shape index (κ1) is 12.8. The monoisotopic (exact) mass is 290 g/mol. The molecule has 3 heterocycles. The highest BCUT2D eigenvalue weighted by Gasteiger charge is 2.18. The van der Waals surface area contributed by atoms with Gasteiger partial charge >= 0.3 is 5.84 Å². The molecule has 0 aliphatic heterocycles. The number of hydrogen-bond donors (Lipinski definition) is 0. The summed E-state index contributed by atoms with van der Waals surface area (Å²) >= 11 is 0. The molecule has 0 unspecified atom stereocenters. The molecule has 4 aromatic rings. The van der Waals surface area contributed by atoms with E-state index < -0.39 is 0 Å². The largest absolute Gasteiger partial charge is 0.432 e. The second-order valence-electron chi connectivity index (χ2n) is 5.22. The topological polar surface area (TPSA) is 56.2 Å². The van der Waals surface area contributed by atoms with Gasteiger partial charge in [0.1, 0.15) is 23.5 Å². The number of rotatable bonds is 2.